The molecule has 2 aromatic carbocycles. The molecule has 2 heterocycles. The average Bonchev–Trinajstić information content (AvgIpc) is 3.46. The van der Waals surface area contributed by atoms with Gasteiger partial charge in [0.2, 0.25) is 0 Å². The van der Waals surface area contributed by atoms with Crippen LogP contribution in [0, 0.1) is 13.8 Å². The first-order chi connectivity index (χ1) is 16.5. The van der Waals surface area contributed by atoms with Gasteiger partial charge in [0, 0.05) is 17.8 Å². The number of hydrogen-bond acceptors (Lipinski definition) is 6. The number of carbonyl (C=O) groups excluding carboxylic acids is 2. The fourth-order valence-corrected chi connectivity index (χ4v) is 3.54. The normalized spacial score (nSPS) is 10.7. The van der Waals surface area contributed by atoms with Gasteiger partial charge in [0.15, 0.2) is 5.76 Å². The van der Waals surface area contributed by atoms with Crippen molar-refractivity contribution >= 4 is 11.9 Å². The van der Waals surface area contributed by atoms with Crippen molar-refractivity contribution in [2.24, 2.45) is 0 Å². The number of benzene rings is 2. The van der Waals surface area contributed by atoms with Crippen LogP contribution in [0.5, 0.6) is 5.75 Å². The molecule has 0 unspecified atom stereocenters. The number of para-hydroxylation sites is 1. The Balaban J connectivity index is 1.34. The number of esters is 1. The molecule has 34 heavy (non-hydrogen) atoms. The van der Waals surface area contributed by atoms with E-state index in [1.165, 1.54) is 7.11 Å². The van der Waals surface area contributed by atoms with E-state index in [-0.39, 0.29) is 18.3 Å². The van der Waals surface area contributed by atoms with Crippen molar-refractivity contribution in [2.75, 3.05) is 7.11 Å². The van der Waals surface area contributed by atoms with Gasteiger partial charge in [-0.25, -0.2) is 9.48 Å². The van der Waals surface area contributed by atoms with Crippen LogP contribution in [0.4, 0.5) is 0 Å². The van der Waals surface area contributed by atoms with Crippen molar-refractivity contribution in [1.82, 2.24) is 15.1 Å². The molecule has 0 aliphatic carbocycles. The number of nitrogens with one attached hydrogen (secondary N) is 1. The number of furan rings is 1. The molecule has 0 atom stereocenters. The van der Waals surface area contributed by atoms with Crippen molar-refractivity contribution in [3.63, 3.8) is 0 Å². The predicted molar refractivity (Wildman–Crippen MR) is 125 cm³/mol. The molecule has 0 aliphatic heterocycles. The summed E-state index contributed by atoms with van der Waals surface area (Å²) in [6, 6.07) is 19.7. The Hall–Kier alpha value is -4.33. The molecule has 0 bridgehead atoms. The lowest BCUT2D eigenvalue weighted by Gasteiger charge is -2.07. The summed E-state index contributed by atoms with van der Waals surface area (Å²) in [4.78, 5) is 24.1. The summed E-state index contributed by atoms with van der Waals surface area (Å²) < 4.78 is 17.9. The zero-order valence-electron chi connectivity index (χ0n) is 19.2. The van der Waals surface area contributed by atoms with Gasteiger partial charge in [-0.15, -0.1) is 0 Å². The summed E-state index contributed by atoms with van der Waals surface area (Å²) >= 11 is 0. The summed E-state index contributed by atoms with van der Waals surface area (Å²) in [5.41, 5.74) is 4.19. The summed E-state index contributed by atoms with van der Waals surface area (Å²) in [5.74, 6) is 0.541. The first kappa shape index (κ1) is 22.8. The Bertz CT molecular complexity index is 1290. The number of carbonyl (C=O) groups is 2. The van der Waals surface area contributed by atoms with Crippen molar-refractivity contribution in [2.45, 2.75) is 27.0 Å². The van der Waals surface area contributed by atoms with Crippen LogP contribution < -0.4 is 10.1 Å². The van der Waals surface area contributed by atoms with Crippen molar-refractivity contribution in [1.29, 1.82) is 0 Å². The molecule has 2 aromatic heterocycles. The molecule has 0 radical (unpaired) electrons. The Kier molecular flexibility index (Phi) is 6.77. The van der Waals surface area contributed by atoms with E-state index in [4.69, 9.17) is 9.15 Å². The number of aromatic nitrogens is 2. The SMILES string of the molecule is COC(=O)c1ccc(OCc2ccc(C(=O)NCc3c(C)nn(-c4ccccc4)c3C)o2)cc1. The zero-order chi connectivity index (χ0) is 24.1. The third-order valence-corrected chi connectivity index (χ3v) is 5.41. The molecule has 0 saturated carbocycles. The largest absolute Gasteiger partial charge is 0.486 e. The summed E-state index contributed by atoms with van der Waals surface area (Å²) in [6.45, 7) is 4.39. The molecule has 0 saturated heterocycles. The van der Waals surface area contributed by atoms with Crippen LogP contribution in [0.2, 0.25) is 0 Å². The molecule has 8 nitrogen and oxygen atoms in total. The number of aryl methyl sites for hydroxylation is 1. The third kappa shape index (κ3) is 5.01. The lowest BCUT2D eigenvalue weighted by molar-refractivity contribution is 0.0600. The van der Waals surface area contributed by atoms with E-state index in [2.05, 4.69) is 15.2 Å². The average molecular weight is 460 g/mol. The lowest BCUT2D eigenvalue weighted by Crippen LogP contribution is -2.23. The summed E-state index contributed by atoms with van der Waals surface area (Å²) in [7, 11) is 1.33. The molecular weight excluding hydrogens is 434 g/mol. The van der Waals surface area contributed by atoms with E-state index in [1.54, 1.807) is 36.4 Å². The fourth-order valence-electron chi connectivity index (χ4n) is 3.54. The van der Waals surface area contributed by atoms with Gasteiger partial charge >= 0.3 is 5.97 Å². The van der Waals surface area contributed by atoms with Gasteiger partial charge in [-0.3, -0.25) is 4.79 Å². The van der Waals surface area contributed by atoms with Crippen LogP contribution in [0.3, 0.4) is 0 Å². The fraction of sp³-hybridized carbons (Fsp3) is 0.192. The molecule has 0 spiro atoms. The zero-order valence-corrected chi connectivity index (χ0v) is 19.2. The number of hydrogen-bond donors (Lipinski definition) is 1. The second-order valence-corrected chi connectivity index (χ2v) is 7.65. The van der Waals surface area contributed by atoms with Crippen LogP contribution in [0.15, 0.2) is 71.1 Å². The van der Waals surface area contributed by atoms with Crippen LogP contribution in [-0.4, -0.2) is 28.8 Å². The minimum atomic E-state index is -0.411. The van der Waals surface area contributed by atoms with Crippen LogP contribution in [0.25, 0.3) is 5.69 Å². The standard InChI is InChI=1S/C26H25N3O5/c1-17-23(18(2)29(28-17)20-7-5-4-6-8-20)15-27-25(30)24-14-13-22(34-24)16-33-21-11-9-19(10-12-21)26(31)32-3/h4-14H,15-16H2,1-3H3,(H,27,30). The maximum Gasteiger partial charge on any atom is 0.337 e. The van der Waals surface area contributed by atoms with Crippen LogP contribution >= 0.6 is 0 Å². The predicted octanol–water partition coefficient (Wildman–Crippen LogP) is 4.38. The minimum Gasteiger partial charge on any atom is -0.486 e. The van der Waals surface area contributed by atoms with Crippen molar-refractivity contribution in [3.8, 4) is 11.4 Å². The minimum absolute atomic E-state index is 0.146. The first-order valence-electron chi connectivity index (χ1n) is 10.7. The molecule has 8 heteroatoms. The van der Waals surface area contributed by atoms with E-state index in [9.17, 15) is 9.59 Å². The quantitative estimate of drug-likeness (QED) is 0.393. The van der Waals surface area contributed by atoms with Gasteiger partial charge in [-0.2, -0.15) is 5.10 Å². The van der Waals surface area contributed by atoms with Gasteiger partial charge < -0.3 is 19.2 Å². The Morgan fingerprint density at radius 3 is 2.44 bits per heavy atom. The monoisotopic (exact) mass is 459 g/mol. The molecule has 0 aliphatic rings. The smallest absolute Gasteiger partial charge is 0.337 e. The van der Waals surface area contributed by atoms with Crippen molar-refractivity contribution in [3.05, 3.63) is 101 Å². The molecule has 1 amide bonds. The van der Waals surface area contributed by atoms with Gasteiger partial charge in [0.1, 0.15) is 18.1 Å². The van der Waals surface area contributed by atoms with E-state index in [0.717, 1.165) is 22.6 Å². The molecular formula is C26H25N3O5. The number of amides is 1. The van der Waals surface area contributed by atoms with E-state index >= 15 is 0 Å². The second kappa shape index (κ2) is 10.1. The van der Waals surface area contributed by atoms with Crippen molar-refractivity contribution < 1.29 is 23.5 Å². The highest BCUT2D eigenvalue weighted by molar-refractivity contribution is 5.91. The van der Waals surface area contributed by atoms with Gasteiger partial charge in [-0.1, -0.05) is 18.2 Å². The summed E-state index contributed by atoms with van der Waals surface area (Å²) in [5, 5.41) is 7.51. The highest BCUT2D eigenvalue weighted by Gasteiger charge is 2.16. The van der Waals surface area contributed by atoms with Crippen LogP contribution in [0.1, 0.15) is 43.6 Å². The lowest BCUT2D eigenvalue weighted by atomic mass is 10.2. The molecule has 1 N–H and O–H groups in total. The maximum absolute atomic E-state index is 12.6. The number of nitrogens with zero attached hydrogens (tertiary/aromatic N) is 2. The number of rotatable bonds is 8. The molecule has 174 valence electrons. The summed E-state index contributed by atoms with van der Waals surface area (Å²) in [6.07, 6.45) is 0. The highest BCUT2D eigenvalue weighted by atomic mass is 16.5. The van der Waals surface area contributed by atoms with Crippen LogP contribution in [-0.2, 0) is 17.9 Å². The highest BCUT2D eigenvalue weighted by Crippen LogP contribution is 2.19. The number of methoxy groups -OCH3 is 1. The first-order valence-corrected chi connectivity index (χ1v) is 10.7. The van der Waals surface area contributed by atoms with E-state index in [1.807, 2.05) is 48.9 Å². The Morgan fingerprint density at radius 1 is 1.00 bits per heavy atom. The van der Waals surface area contributed by atoms with Gasteiger partial charge in [0.05, 0.1) is 24.1 Å². The molecule has 4 rings (SSSR count). The number of ether oxygens (including phenoxy) is 2. The van der Waals surface area contributed by atoms with Gasteiger partial charge in [0.25, 0.3) is 5.91 Å². The van der Waals surface area contributed by atoms with Gasteiger partial charge in [-0.05, 0) is 62.4 Å². The Morgan fingerprint density at radius 2 is 1.74 bits per heavy atom. The van der Waals surface area contributed by atoms with E-state index in [0.29, 0.717) is 23.6 Å². The topological polar surface area (TPSA) is 95.6 Å². The molecule has 4 aromatic rings. The third-order valence-electron chi connectivity index (χ3n) is 5.41. The van der Waals surface area contributed by atoms with E-state index < -0.39 is 5.97 Å². The second-order valence-electron chi connectivity index (χ2n) is 7.65. The molecule has 0 fully saturated rings. The Labute approximate surface area is 197 Å². The maximum atomic E-state index is 12.6.